The molecule has 0 unspecified atom stereocenters. The normalized spacial score (nSPS) is 17.2. The van der Waals surface area contributed by atoms with Crippen molar-refractivity contribution in [2.24, 2.45) is 0 Å². The Kier molecular flexibility index (Phi) is 11.7. The number of alkyl carbamates (subject to hydrolysis) is 2. The van der Waals surface area contributed by atoms with Gasteiger partial charge in [0, 0.05) is 30.4 Å². The zero-order chi connectivity index (χ0) is 41.6. The van der Waals surface area contributed by atoms with E-state index >= 15 is 0 Å². The van der Waals surface area contributed by atoms with Crippen LogP contribution in [0.5, 0.6) is 0 Å². The minimum atomic E-state index is -0.894. The average Bonchev–Trinajstić information content (AvgIpc) is 4.15. The van der Waals surface area contributed by atoms with E-state index in [-0.39, 0.29) is 23.9 Å². The van der Waals surface area contributed by atoms with Crippen molar-refractivity contribution in [2.45, 2.75) is 49.9 Å². The van der Waals surface area contributed by atoms with Crippen molar-refractivity contribution >= 4 is 24.0 Å². The standard InChI is InChI=1S/C45H45N9O6/c1-59-44(57)51-38(30-11-5-3-6-12-30)42(55)53-23-9-15-36(53)40-47-26-34(49-40)29-19-17-28(18-20-29)33-22-21-32(25-46-33)35-27-48-41(50-35)37-16-10-24-54(37)43(56)39(52-45(58)60-2)31-13-7-4-8-14-31/h3-8,11-14,17-22,25-27,36-39H,9-10,15-16,23-24H2,1-2H3,(H,47,49)(H,48,50)(H,51,57)(H,52,58)/t36-,37-,38-,39+/m0/s1. The number of likely N-dealkylation sites (tertiary alicyclic amines) is 2. The van der Waals surface area contributed by atoms with Crippen LogP contribution in [0.4, 0.5) is 9.59 Å². The quantitative estimate of drug-likeness (QED) is 0.106. The summed E-state index contributed by atoms with van der Waals surface area (Å²) in [5.41, 5.74) is 6.44. The number of imidazole rings is 2. The number of rotatable bonds is 11. The number of benzene rings is 3. The van der Waals surface area contributed by atoms with Gasteiger partial charge >= 0.3 is 12.2 Å². The summed E-state index contributed by atoms with van der Waals surface area (Å²) in [6.45, 7) is 1.08. The van der Waals surface area contributed by atoms with Gasteiger partial charge in [-0.25, -0.2) is 19.6 Å². The summed E-state index contributed by atoms with van der Waals surface area (Å²) in [5.74, 6) is 0.900. The first-order valence-corrected chi connectivity index (χ1v) is 19.9. The largest absolute Gasteiger partial charge is 0.453 e. The van der Waals surface area contributed by atoms with E-state index in [9.17, 15) is 19.2 Å². The number of nitrogens with zero attached hydrogens (tertiary/aromatic N) is 5. The third-order valence-electron chi connectivity index (χ3n) is 11.1. The Labute approximate surface area is 346 Å². The van der Waals surface area contributed by atoms with Crippen LogP contribution in [0, 0.1) is 0 Å². The van der Waals surface area contributed by atoms with Gasteiger partial charge < -0.3 is 39.9 Å². The lowest BCUT2D eigenvalue weighted by Crippen LogP contribution is -2.42. The molecule has 0 aliphatic carbocycles. The predicted molar refractivity (Wildman–Crippen MR) is 222 cm³/mol. The van der Waals surface area contributed by atoms with Crippen LogP contribution in [0.1, 0.15) is 72.6 Å². The van der Waals surface area contributed by atoms with E-state index in [2.05, 4.69) is 30.6 Å². The second-order valence-corrected chi connectivity index (χ2v) is 14.7. The molecule has 0 spiro atoms. The molecule has 4 amide bonds. The number of carbonyl (C=O) groups is 4. The van der Waals surface area contributed by atoms with Crippen molar-refractivity contribution in [3.8, 4) is 33.8 Å². The molecule has 4 N–H and O–H groups in total. The SMILES string of the molecule is COC(=O)N[C@H](C(=O)N1CCC[C@H]1c1ncc(-c2ccc(-c3ccc(-c4cnc([C@@H]5CCCN5C(=O)[C@H](NC(=O)OC)c5ccccc5)[nH]4)cn3)cc2)[nH]1)c1ccccc1. The fourth-order valence-corrected chi connectivity index (χ4v) is 8.03. The first-order chi connectivity index (χ1) is 29.3. The lowest BCUT2D eigenvalue weighted by Gasteiger charge is -2.28. The van der Waals surface area contributed by atoms with Gasteiger partial charge in [-0.3, -0.25) is 14.6 Å². The van der Waals surface area contributed by atoms with Crippen molar-refractivity contribution in [1.82, 2.24) is 45.4 Å². The van der Waals surface area contributed by atoms with Gasteiger partial charge in [-0.15, -0.1) is 0 Å². The van der Waals surface area contributed by atoms with Crippen LogP contribution in [0.15, 0.2) is 116 Å². The number of amides is 4. The zero-order valence-electron chi connectivity index (χ0n) is 33.2. The molecule has 3 aromatic heterocycles. The molecular formula is C45H45N9O6. The summed E-state index contributed by atoms with van der Waals surface area (Å²) in [6.07, 6.45) is 7.05. The number of methoxy groups -OCH3 is 2. The molecule has 0 bridgehead atoms. The highest BCUT2D eigenvalue weighted by atomic mass is 16.5. The molecule has 2 aliphatic rings. The number of hydrogen-bond acceptors (Lipinski definition) is 9. The number of hydrogen-bond donors (Lipinski definition) is 4. The third kappa shape index (κ3) is 8.32. The fraction of sp³-hybridized carbons (Fsp3) is 0.267. The van der Waals surface area contributed by atoms with Crippen LogP contribution < -0.4 is 10.6 Å². The van der Waals surface area contributed by atoms with Crippen LogP contribution in [-0.2, 0) is 19.1 Å². The van der Waals surface area contributed by atoms with Gasteiger partial charge in [-0.05, 0) is 54.5 Å². The molecule has 0 saturated carbocycles. The minimum Gasteiger partial charge on any atom is -0.453 e. The number of H-pyrrole nitrogens is 2. The van der Waals surface area contributed by atoms with Crippen molar-refractivity contribution in [1.29, 1.82) is 0 Å². The summed E-state index contributed by atoms with van der Waals surface area (Å²) in [5, 5.41) is 5.41. The monoisotopic (exact) mass is 807 g/mol. The van der Waals surface area contributed by atoms with E-state index < -0.39 is 24.3 Å². The molecule has 6 aromatic rings. The van der Waals surface area contributed by atoms with Crippen LogP contribution in [0.2, 0.25) is 0 Å². The third-order valence-corrected chi connectivity index (χ3v) is 11.1. The molecule has 3 aromatic carbocycles. The Bertz CT molecular complexity index is 2270. The summed E-state index contributed by atoms with van der Waals surface area (Å²) in [6, 6.07) is 27.9. The molecule has 4 atom stereocenters. The average molecular weight is 808 g/mol. The summed E-state index contributed by atoms with van der Waals surface area (Å²) in [4.78, 5) is 76.7. The van der Waals surface area contributed by atoms with E-state index in [1.54, 1.807) is 28.4 Å². The van der Waals surface area contributed by atoms with Gasteiger partial charge in [0.05, 0.1) is 55.8 Å². The summed E-state index contributed by atoms with van der Waals surface area (Å²) >= 11 is 0. The highest BCUT2D eigenvalue weighted by molar-refractivity contribution is 5.88. The first-order valence-electron chi connectivity index (χ1n) is 19.9. The highest BCUT2D eigenvalue weighted by Crippen LogP contribution is 2.36. The van der Waals surface area contributed by atoms with Gasteiger partial charge in [0.2, 0.25) is 0 Å². The predicted octanol–water partition coefficient (Wildman–Crippen LogP) is 7.05. The molecule has 2 aliphatic heterocycles. The lowest BCUT2D eigenvalue weighted by molar-refractivity contribution is -0.135. The van der Waals surface area contributed by atoms with Crippen molar-refractivity contribution < 1.29 is 28.7 Å². The van der Waals surface area contributed by atoms with Crippen molar-refractivity contribution in [3.05, 3.63) is 138 Å². The smallest absolute Gasteiger partial charge is 0.407 e. The maximum Gasteiger partial charge on any atom is 0.407 e. The van der Waals surface area contributed by atoms with Crippen molar-refractivity contribution in [2.75, 3.05) is 27.3 Å². The molecule has 60 heavy (non-hydrogen) atoms. The molecule has 306 valence electrons. The van der Waals surface area contributed by atoms with Gasteiger partial charge in [0.15, 0.2) is 0 Å². The van der Waals surface area contributed by atoms with E-state index in [1.165, 1.54) is 14.2 Å². The van der Waals surface area contributed by atoms with Crippen LogP contribution in [0.3, 0.4) is 0 Å². The number of nitrogens with one attached hydrogen (secondary N) is 4. The van der Waals surface area contributed by atoms with E-state index in [1.807, 2.05) is 97.1 Å². The van der Waals surface area contributed by atoms with Gasteiger partial charge in [-0.1, -0.05) is 84.9 Å². The van der Waals surface area contributed by atoms with Gasteiger partial charge in [0.1, 0.15) is 23.7 Å². The highest BCUT2D eigenvalue weighted by Gasteiger charge is 2.38. The molecule has 0 radical (unpaired) electrons. The zero-order valence-corrected chi connectivity index (χ0v) is 33.2. The second-order valence-electron chi connectivity index (χ2n) is 14.7. The first kappa shape index (κ1) is 39.5. The number of pyridine rings is 1. The van der Waals surface area contributed by atoms with E-state index in [4.69, 9.17) is 14.5 Å². The summed E-state index contributed by atoms with van der Waals surface area (Å²) < 4.78 is 9.64. The molecule has 2 saturated heterocycles. The Balaban J connectivity index is 0.928. The topological polar surface area (TPSA) is 188 Å². The Morgan fingerprint density at radius 2 is 1.03 bits per heavy atom. The van der Waals surface area contributed by atoms with E-state index in [0.29, 0.717) is 35.9 Å². The maximum absolute atomic E-state index is 13.9. The Morgan fingerprint density at radius 1 is 0.583 bits per heavy atom. The fourth-order valence-electron chi connectivity index (χ4n) is 8.03. The van der Waals surface area contributed by atoms with Gasteiger partial charge in [0.25, 0.3) is 11.8 Å². The maximum atomic E-state index is 13.9. The molecule has 5 heterocycles. The van der Waals surface area contributed by atoms with E-state index in [0.717, 1.165) is 59.5 Å². The van der Waals surface area contributed by atoms with Gasteiger partial charge in [-0.2, -0.15) is 0 Å². The van der Waals surface area contributed by atoms with Crippen LogP contribution in [0.25, 0.3) is 33.8 Å². The molecule has 8 rings (SSSR count). The molecule has 2 fully saturated rings. The number of ether oxygens (including phenoxy) is 2. The Morgan fingerprint density at radius 3 is 1.48 bits per heavy atom. The van der Waals surface area contributed by atoms with Crippen molar-refractivity contribution in [3.63, 3.8) is 0 Å². The molecule has 15 heteroatoms. The summed E-state index contributed by atoms with van der Waals surface area (Å²) in [7, 11) is 2.55. The number of aromatic nitrogens is 5. The van der Waals surface area contributed by atoms with Crippen LogP contribution in [-0.4, -0.2) is 86.0 Å². The number of aromatic amines is 2. The second kappa shape index (κ2) is 17.7. The van der Waals surface area contributed by atoms with Crippen LogP contribution >= 0.6 is 0 Å². The number of carbonyl (C=O) groups excluding carboxylic acids is 4. The Hall–Kier alpha value is -7.29. The molecule has 15 nitrogen and oxygen atoms in total. The lowest BCUT2D eigenvalue weighted by atomic mass is 10.0. The molecular weight excluding hydrogens is 763 g/mol. The minimum absolute atomic E-state index is 0.223.